The minimum Gasteiger partial charge on any atom is -0.508 e. The van der Waals surface area contributed by atoms with Crippen molar-refractivity contribution in [2.75, 3.05) is 0 Å². The predicted molar refractivity (Wildman–Crippen MR) is 87.9 cm³/mol. The molecule has 0 spiro atoms. The number of benzene rings is 2. The maximum absolute atomic E-state index is 12.7. The summed E-state index contributed by atoms with van der Waals surface area (Å²) in [6, 6.07) is 14.6. The largest absolute Gasteiger partial charge is 0.508 e. The molecule has 23 heavy (non-hydrogen) atoms. The van der Waals surface area contributed by atoms with Crippen LogP contribution in [0, 0.1) is 0 Å². The topological polar surface area (TPSA) is 69.6 Å². The van der Waals surface area contributed by atoms with Crippen molar-refractivity contribution in [2.45, 2.75) is 26.3 Å². The van der Waals surface area contributed by atoms with Gasteiger partial charge in [-0.25, -0.2) is 5.01 Å². The highest BCUT2D eigenvalue weighted by Gasteiger charge is 2.29. The Bertz CT molecular complexity index is 688. The molecule has 0 fully saturated rings. The molecule has 120 valence electrons. The number of hydrazine groups is 1. The summed E-state index contributed by atoms with van der Waals surface area (Å²) in [6.07, 6.45) is 0. The smallest absolute Gasteiger partial charge is 0.272 e. The minimum absolute atomic E-state index is 0.0783. The first-order chi connectivity index (χ1) is 10.8. The summed E-state index contributed by atoms with van der Waals surface area (Å²) in [5.74, 6) is -0.621. The monoisotopic (exact) mass is 312 g/mol. The zero-order valence-electron chi connectivity index (χ0n) is 13.4. The van der Waals surface area contributed by atoms with Gasteiger partial charge in [0.2, 0.25) is 0 Å². The molecule has 2 aromatic carbocycles. The van der Waals surface area contributed by atoms with Gasteiger partial charge in [0.15, 0.2) is 0 Å². The number of hydrogen-bond acceptors (Lipinski definition) is 3. The molecule has 0 heterocycles. The Labute approximate surface area is 135 Å². The fraction of sp³-hybridized carbons (Fsp3) is 0.222. The van der Waals surface area contributed by atoms with Gasteiger partial charge in [0.1, 0.15) is 5.75 Å². The second-order valence-corrected chi connectivity index (χ2v) is 6.17. The molecule has 0 saturated carbocycles. The number of phenols is 1. The summed E-state index contributed by atoms with van der Waals surface area (Å²) in [7, 11) is 0. The number of phenolic OH excluding ortho intramolecular Hbond substituents is 1. The number of amides is 2. The number of nitrogens with one attached hydrogen (secondary N) is 1. The highest BCUT2D eigenvalue weighted by atomic mass is 16.3. The normalized spacial score (nSPS) is 10.9. The molecule has 2 amide bonds. The molecule has 0 unspecified atom stereocenters. The lowest BCUT2D eigenvalue weighted by atomic mass is 10.1. The fourth-order valence-electron chi connectivity index (χ4n) is 2.01. The van der Waals surface area contributed by atoms with Gasteiger partial charge >= 0.3 is 0 Å². The third-order valence-corrected chi connectivity index (χ3v) is 3.24. The number of carbonyl (C=O) groups is 2. The third-order valence-electron chi connectivity index (χ3n) is 3.24. The zero-order chi connectivity index (χ0) is 17.0. The van der Waals surface area contributed by atoms with Crippen LogP contribution in [0.3, 0.4) is 0 Å². The van der Waals surface area contributed by atoms with Crippen molar-refractivity contribution in [3.05, 3.63) is 65.7 Å². The van der Waals surface area contributed by atoms with Crippen LogP contribution in [0.15, 0.2) is 54.6 Å². The van der Waals surface area contributed by atoms with E-state index >= 15 is 0 Å². The van der Waals surface area contributed by atoms with Crippen molar-refractivity contribution in [1.29, 1.82) is 0 Å². The number of rotatable bonds is 2. The molecule has 0 aliphatic carbocycles. The van der Waals surface area contributed by atoms with Crippen LogP contribution in [0.4, 0.5) is 0 Å². The Morgan fingerprint density at radius 2 is 1.48 bits per heavy atom. The number of aromatic hydroxyl groups is 1. The Balaban J connectivity index is 2.24. The number of hydrogen-bond donors (Lipinski definition) is 2. The van der Waals surface area contributed by atoms with Gasteiger partial charge in [0.05, 0.1) is 5.54 Å². The molecular weight excluding hydrogens is 292 g/mol. The van der Waals surface area contributed by atoms with Crippen LogP contribution in [-0.2, 0) is 0 Å². The maximum atomic E-state index is 12.7. The van der Waals surface area contributed by atoms with E-state index < -0.39 is 11.4 Å². The lowest BCUT2D eigenvalue weighted by Gasteiger charge is -2.35. The third kappa shape index (κ3) is 4.10. The van der Waals surface area contributed by atoms with Crippen LogP contribution in [0.2, 0.25) is 0 Å². The molecule has 0 aliphatic heterocycles. The number of carbonyl (C=O) groups excluding carboxylic acids is 2. The molecule has 5 heteroatoms. The lowest BCUT2D eigenvalue weighted by Crippen LogP contribution is -2.55. The van der Waals surface area contributed by atoms with Gasteiger partial charge in [-0.1, -0.05) is 18.2 Å². The van der Waals surface area contributed by atoms with E-state index in [0.29, 0.717) is 11.1 Å². The molecule has 0 bridgehead atoms. The van der Waals surface area contributed by atoms with Gasteiger partial charge < -0.3 is 5.11 Å². The van der Waals surface area contributed by atoms with E-state index in [2.05, 4.69) is 5.43 Å². The second-order valence-electron chi connectivity index (χ2n) is 6.17. The van der Waals surface area contributed by atoms with Gasteiger partial charge in [-0.05, 0) is 57.2 Å². The van der Waals surface area contributed by atoms with Gasteiger partial charge in [0.25, 0.3) is 11.8 Å². The first-order valence-corrected chi connectivity index (χ1v) is 7.28. The fourth-order valence-corrected chi connectivity index (χ4v) is 2.01. The lowest BCUT2D eigenvalue weighted by molar-refractivity contribution is 0.0358. The van der Waals surface area contributed by atoms with Gasteiger partial charge in [-0.15, -0.1) is 0 Å². The minimum atomic E-state index is -0.598. The maximum Gasteiger partial charge on any atom is 0.272 e. The first-order valence-electron chi connectivity index (χ1n) is 7.28. The van der Waals surface area contributed by atoms with E-state index in [1.54, 1.807) is 24.3 Å². The van der Waals surface area contributed by atoms with Crippen molar-refractivity contribution in [3.63, 3.8) is 0 Å². The van der Waals surface area contributed by atoms with Crippen molar-refractivity contribution < 1.29 is 14.7 Å². The van der Waals surface area contributed by atoms with E-state index in [-0.39, 0.29) is 11.7 Å². The van der Waals surface area contributed by atoms with Gasteiger partial charge in [0, 0.05) is 11.1 Å². The van der Waals surface area contributed by atoms with Crippen molar-refractivity contribution in [3.8, 4) is 5.75 Å². The summed E-state index contributed by atoms with van der Waals surface area (Å²) >= 11 is 0. The highest BCUT2D eigenvalue weighted by molar-refractivity contribution is 5.99. The van der Waals surface area contributed by atoms with E-state index in [9.17, 15) is 14.7 Å². The van der Waals surface area contributed by atoms with Gasteiger partial charge in [-0.3, -0.25) is 15.0 Å². The second kappa shape index (κ2) is 6.52. The predicted octanol–water partition coefficient (Wildman–Crippen LogP) is 2.98. The van der Waals surface area contributed by atoms with Crippen molar-refractivity contribution >= 4 is 11.8 Å². The van der Waals surface area contributed by atoms with Crippen molar-refractivity contribution in [2.24, 2.45) is 0 Å². The van der Waals surface area contributed by atoms with Crippen LogP contribution in [-0.4, -0.2) is 27.5 Å². The van der Waals surface area contributed by atoms with Crippen LogP contribution in [0.1, 0.15) is 41.5 Å². The molecule has 2 N–H and O–H groups in total. The average Bonchev–Trinajstić information content (AvgIpc) is 2.52. The van der Waals surface area contributed by atoms with Crippen LogP contribution < -0.4 is 5.43 Å². The summed E-state index contributed by atoms with van der Waals surface area (Å²) in [5, 5.41) is 10.6. The Morgan fingerprint density at radius 1 is 0.913 bits per heavy atom. The summed E-state index contributed by atoms with van der Waals surface area (Å²) in [5.41, 5.74) is 2.91. The molecule has 2 rings (SSSR count). The van der Waals surface area contributed by atoms with E-state index in [1.807, 2.05) is 26.8 Å². The molecular formula is C18H20N2O3. The highest BCUT2D eigenvalue weighted by Crippen LogP contribution is 2.16. The molecule has 0 aromatic heterocycles. The van der Waals surface area contributed by atoms with E-state index in [0.717, 1.165) is 0 Å². The zero-order valence-corrected chi connectivity index (χ0v) is 13.4. The Hall–Kier alpha value is -2.82. The van der Waals surface area contributed by atoms with E-state index in [4.69, 9.17) is 0 Å². The summed E-state index contributed by atoms with van der Waals surface area (Å²) < 4.78 is 0. The molecule has 0 aliphatic rings. The number of nitrogens with zero attached hydrogens (tertiary/aromatic N) is 1. The molecule has 5 nitrogen and oxygen atoms in total. The average molecular weight is 312 g/mol. The molecule has 0 saturated heterocycles. The van der Waals surface area contributed by atoms with Crippen LogP contribution >= 0.6 is 0 Å². The quantitative estimate of drug-likeness (QED) is 0.838. The van der Waals surface area contributed by atoms with E-state index in [1.165, 1.54) is 29.3 Å². The van der Waals surface area contributed by atoms with Gasteiger partial charge in [-0.2, -0.15) is 0 Å². The SMILES string of the molecule is CC(C)(C)N(NC(=O)c1ccc(O)cc1)C(=O)c1ccccc1. The summed E-state index contributed by atoms with van der Waals surface area (Å²) in [6.45, 7) is 5.51. The Morgan fingerprint density at radius 3 is 2.00 bits per heavy atom. The van der Waals surface area contributed by atoms with Crippen LogP contribution in [0.5, 0.6) is 5.75 Å². The summed E-state index contributed by atoms with van der Waals surface area (Å²) in [4.78, 5) is 25.0. The molecule has 0 radical (unpaired) electrons. The van der Waals surface area contributed by atoms with Crippen LogP contribution in [0.25, 0.3) is 0 Å². The molecule has 2 aromatic rings. The first kappa shape index (κ1) is 16.5. The van der Waals surface area contributed by atoms with Crippen molar-refractivity contribution in [1.82, 2.24) is 10.4 Å². The Kier molecular flexibility index (Phi) is 4.69. The molecule has 0 atom stereocenters. The standard InChI is InChI=1S/C18H20N2O3/c1-18(2,3)20(17(23)14-7-5-4-6-8-14)19-16(22)13-9-11-15(21)12-10-13/h4-12,21H,1-3H3,(H,19,22).